The lowest BCUT2D eigenvalue weighted by Crippen LogP contribution is -2.37. The van der Waals surface area contributed by atoms with Crippen LogP contribution in [0.5, 0.6) is 5.75 Å². The maximum atomic E-state index is 5.92. The topological polar surface area (TPSA) is 78.2 Å². The monoisotopic (exact) mass is 416 g/mol. The molecule has 3 aromatic heterocycles. The summed E-state index contributed by atoms with van der Waals surface area (Å²) in [5, 5.41) is 4.70. The van der Waals surface area contributed by atoms with Crippen molar-refractivity contribution in [3.63, 3.8) is 0 Å². The van der Waals surface area contributed by atoms with Gasteiger partial charge < -0.3 is 14.4 Å². The van der Waals surface area contributed by atoms with Crippen molar-refractivity contribution in [1.29, 1.82) is 0 Å². The Morgan fingerprint density at radius 2 is 1.87 bits per heavy atom. The molecule has 1 saturated heterocycles. The zero-order valence-electron chi connectivity index (χ0n) is 17.7. The van der Waals surface area contributed by atoms with Crippen LogP contribution in [0.3, 0.4) is 0 Å². The fourth-order valence-electron chi connectivity index (χ4n) is 3.89. The highest BCUT2D eigenvalue weighted by Crippen LogP contribution is 2.36. The number of anilines is 1. The van der Waals surface area contributed by atoms with E-state index in [0.717, 1.165) is 58.2 Å². The van der Waals surface area contributed by atoms with Crippen LogP contribution in [0.25, 0.3) is 33.5 Å². The van der Waals surface area contributed by atoms with Crippen molar-refractivity contribution in [1.82, 2.24) is 24.7 Å². The van der Waals surface area contributed by atoms with Crippen molar-refractivity contribution in [2.45, 2.75) is 6.92 Å². The number of morpholine rings is 1. The van der Waals surface area contributed by atoms with E-state index >= 15 is 0 Å². The maximum absolute atomic E-state index is 5.92. The summed E-state index contributed by atoms with van der Waals surface area (Å²) in [7, 11) is 1.92. The highest BCUT2D eigenvalue weighted by molar-refractivity contribution is 5.94. The molecule has 31 heavy (non-hydrogen) atoms. The molecule has 4 aromatic rings. The molecule has 0 amide bonds. The van der Waals surface area contributed by atoms with Gasteiger partial charge >= 0.3 is 0 Å². The molecule has 8 heteroatoms. The molecule has 158 valence electrons. The summed E-state index contributed by atoms with van der Waals surface area (Å²) in [4.78, 5) is 16.3. The van der Waals surface area contributed by atoms with Crippen LogP contribution in [0, 0.1) is 0 Å². The number of nitrogens with zero attached hydrogens (tertiary/aromatic N) is 6. The van der Waals surface area contributed by atoms with Crippen molar-refractivity contribution in [3.05, 3.63) is 48.9 Å². The van der Waals surface area contributed by atoms with E-state index in [2.05, 4.69) is 27.0 Å². The van der Waals surface area contributed by atoms with Gasteiger partial charge in [-0.1, -0.05) is 30.3 Å². The predicted molar refractivity (Wildman–Crippen MR) is 119 cm³/mol. The molecular formula is C23H24N6O2. The van der Waals surface area contributed by atoms with Crippen molar-refractivity contribution in [2.24, 2.45) is 7.05 Å². The Labute approximate surface area is 180 Å². The quantitative estimate of drug-likeness (QED) is 0.494. The average Bonchev–Trinajstić information content (AvgIpc) is 3.21. The smallest absolute Gasteiger partial charge is 0.172 e. The first-order valence-electron chi connectivity index (χ1n) is 10.4. The minimum Gasteiger partial charge on any atom is -0.490 e. The molecule has 1 fully saturated rings. The summed E-state index contributed by atoms with van der Waals surface area (Å²) in [5.41, 5.74) is 5.06. The lowest BCUT2D eigenvalue weighted by atomic mass is 10.0. The molecule has 1 aromatic carbocycles. The lowest BCUT2D eigenvalue weighted by Gasteiger charge is -2.29. The molecule has 1 aliphatic rings. The Morgan fingerprint density at radius 3 is 2.65 bits per heavy atom. The van der Waals surface area contributed by atoms with Gasteiger partial charge in [0.05, 0.1) is 25.3 Å². The van der Waals surface area contributed by atoms with Gasteiger partial charge in [0.1, 0.15) is 23.2 Å². The Balaban J connectivity index is 1.70. The van der Waals surface area contributed by atoms with E-state index in [1.165, 1.54) is 0 Å². The van der Waals surface area contributed by atoms with Crippen LogP contribution in [0.2, 0.25) is 0 Å². The SMILES string of the molecule is CCOc1cc2ncnc(-c3cn(C)nc3-c3ccccc3)c2nc1N1CCOCC1. The van der Waals surface area contributed by atoms with Crippen LogP contribution in [-0.2, 0) is 11.8 Å². The molecule has 4 heterocycles. The second kappa shape index (κ2) is 8.31. The Hall–Kier alpha value is -3.52. The van der Waals surface area contributed by atoms with Gasteiger partial charge in [0.15, 0.2) is 11.6 Å². The van der Waals surface area contributed by atoms with E-state index < -0.39 is 0 Å². The van der Waals surface area contributed by atoms with E-state index in [0.29, 0.717) is 19.8 Å². The number of hydrogen-bond acceptors (Lipinski definition) is 7. The summed E-state index contributed by atoms with van der Waals surface area (Å²) >= 11 is 0. The minimum atomic E-state index is 0.559. The van der Waals surface area contributed by atoms with Gasteiger partial charge in [0.2, 0.25) is 0 Å². The molecule has 8 nitrogen and oxygen atoms in total. The van der Waals surface area contributed by atoms with Crippen LogP contribution in [0.15, 0.2) is 48.9 Å². The number of pyridine rings is 1. The first kappa shape index (κ1) is 19.4. The minimum absolute atomic E-state index is 0.559. The third-order valence-corrected chi connectivity index (χ3v) is 5.30. The molecule has 1 aliphatic heterocycles. The van der Waals surface area contributed by atoms with E-state index in [9.17, 15) is 0 Å². The van der Waals surface area contributed by atoms with Crippen LogP contribution < -0.4 is 9.64 Å². The highest BCUT2D eigenvalue weighted by atomic mass is 16.5. The van der Waals surface area contributed by atoms with Crippen molar-refractivity contribution in [3.8, 4) is 28.3 Å². The van der Waals surface area contributed by atoms with Crippen molar-refractivity contribution >= 4 is 16.9 Å². The van der Waals surface area contributed by atoms with Gasteiger partial charge in [-0.3, -0.25) is 4.68 Å². The fraction of sp³-hybridized carbons (Fsp3) is 0.304. The van der Waals surface area contributed by atoms with Crippen LogP contribution >= 0.6 is 0 Å². The first-order chi connectivity index (χ1) is 15.2. The van der Waals surface area contributed by atoms with Gasteiger partial charge in [-0.05, 0) is 6.92 Å². The van der Waals surface area contributed by atoms with Gasteiger partial charge in [-0.2, -0.15) is 5.10 Å². The Kier molecular flexibility index (Phi) is 5.21. The predicted octanol–water partition coefficient (Wildman–Crippen LogP) is 3.33. The number of hydrogen-bond donors (Lipinski definition) is 0. The zero-order chi connectivity index (χ0) is 21.2. The number of aromatic nitrogens is 5. The summed E-state index contributed by atoms with van der Waals surface area (Å²) in [6.07, 6.45) is 3.56. The van der Waals surface area contributed by atoms with Gasteiger partial charge in [-0.25, -0.2) is 15.0 Å². The Morgan fingerprint density at radius 1 is 1.06 bits per heavy atom. The third-order valence-electron chi connectivity index (χ3n) is 5.30. The molecule has 0 bridgehead atoms. The average molecular weight is 416 g/mol. The molecule has 0 atom stereocenters. The molecule has 0 N–H and O–H groups in total. The van der Waals surface area contributed by atoms with Crippen LogP contribution in [0.4, 0.5) is 5.82 Å². The van der Waals surface area contributed by atoms with E-state index in [4.69, 9.17) is 19.6 Å². The maximum Gasteiger partial charge on any atom is 0.172 e. The normalized spacial score (nSPS) is 14.2. The standard InChI is InChI=1S/C23H24N6O2/c1-3-31-19-13-18-22(26-23(19)29-9-11-30-12-10-29)21(25-15-24-18)17-14-28(2)27-20(17)16-7-5-4-6-8-16/h4-8,13-15H,3,9-12H2,1-2H3. The molecule has 5 rings (SSSR count). The summed E-state index contributed by atoms with van der Waals surface area (Å²) in [5.74, 6) is 1.54. The summed E-state index contributed by atoms with van der Waals surface area (Å²) < 4.78 is 13.3. The molecule has 0 saturated carbocycles. The fourth-order valence-corrected chi connectivity index (χ4v) is 3.89. The zero-order valence-corrected chi connectivity index (χ0v) is 17.7. The highest BCUT2D eigenvalue weighted by Gasteiger charge is 2.22. The second-order valence-electron chi connectivity index (χ2n) is 7.36. The summed E-state index contributed by atoms with van der Waals surface area (Å²) in [6.45, 7) is 5.41. The number of fused-ring (bicyclic) bond motifs is 1. The van der Waals surface area contributed by atoms with Crippen molar-refractivity contribution < 1.29 is 9.47 Å². The first-order valence-corrected chi connectivity index (χ1v) is 10.4. The van der Waals surface area contributed by atoms with Crippen molar-refractivity contribution in [2.75, 3.05) is 37.8 Å². The molecule has 0 spiro atoms. The van der Waals surface area contributed by atoms with Gasteiger partial charge in [0.25, 0.3) is 0 Å². The van der Waals surface area contributed by atoms with Crippen LogP contribution in [-0.4, -0.2) is 57.6 Å². The van der Waals surface area contributed by atoms with Gasteiger partial charge in [0, 0.05) is 43.5 Å². The molecule has 0 aliphatic carbocycles. The molecule has 0 unspecified atom stereocenters. The number of ether oxygens (including phenoxy) is 2. The third kappa shape index (κ3) is 3.70. The Bertz CT molecular complexity index is 1200. The lowest BCUT2D eigenvalue weighted by molar-refractivity contribution is 0.122. The molecular weight excluding hydrogens is 392 g/mol. The largest absolute Gasteiger partial charge is 0.490 e. The summed E-state index contributed by atoms with van der Waals surface area (Å²) in [6, 6.07) is 12.1. The number of aryl methyl sites for hydroxylation is 1. The molecule has 0 radical (unpaired) electrons. The second-order valence-corrected chi connectivity index (χ2v) is 7.36. The van der Waals surface area contributed by atoms with Gasteiger partial charge in [-0.15, -0.1) is 0 Å². The number of rotatable bonds is 5. The van der Waals surface area contributed by atoms with E-state index in [-0.39, 0.29) is 0 Å². The number of benzene rings is 1. The van der Waals surface area contributed by atoms with E-state index in [1.54, 1.807) is 6.33 Å². The van der Waals surface area contributed by atoms with Crippen LogP contribution in [0.1, 0.15) is 6.92 Å². The van der Waals surface area contributed by atoms with E-state index in [1.807, 2.05) is 49.1 Å².